The molecule has 0 aliphatic heterocycles. The van der Waals surface area contributed by atoms with Crippen LogP contribution < -0.4 is 5.32 Å². The second-order valence-electron chi connectivity index (χ2n) is 5.72. The van der Waals surface area contributed by atoms with Gasteiger partial charge < -0.3 is 5.32 Å². The smallest absolute Gasteiger partial charge is 0.123 e. The first-order valence-electron chi connectivity index (χ1n) is 7.83. The molecule has 0 aromatic heterocycles. The summed E-state index contributed by atoms with van der Waals surface area (Å²) in [5.41, 5.74) is 1.26. The Hall–Kier alpha value is -0.540. The molecule has 1 aromatic carbocycles. The van der Waals surface area contributed by atoms with Crippen LogP contribution in [0.25, 0.3) is 0 Å². The minimum Gasteiger partial charge on any atom is -0.314 e. The molecule has 1 fully saturated rings. The second kappa shape index (κ2) is 8.68. The normalized spacial score (nSPS) is 16.3. The minimum atomic E-state index is -0.138. The van der Waals surface area contributed by atoms with Crippen molar-refractivity contribution in [3.63, 3.8) is 0 Å². The molecule has 0 spiro atoms. The molecule has 0 bridgehead atoms. The third-order valence-electron chi connectivity index (χ3n) is 3.82. The molecule has 1 aliphatic carbocycles. The predicted octanol–water partition coefficient (Wildman–Crippen LogP) is 4.27. The first-order chi connectivity index (χ1) is 9.78. The Labute approximate surface area is 126 Å². The quantitative estimate of drug-likeness (QED) is 0.647. The SMILES string of the molecule is CCSCCCC(CNC1CC1)Cc1ccc(F)cc1. The second-order valence-corrected chi connectivity index (χ2v) is 7.11. The highest BCUT2D eigenvalue weighted by molar-refractivity contribution is 7.99. The van der Waals surface area contributed by atoms with Crippen LogP contribution in [0.15, 0.2) is 24.3 Å². The largest absolute Gasteiger partial charge is 0.314 e. The van der Waals surface area contributed by atoms with Crippen LogP contribution in [0.4, 0.5) is 4.39 Å². The van der Waals surface area contributed by atoms with Crippen molar-refractivity contribution in [2.24, 2.45) is 5.92 Å². The molecule has 112 valence electrons. The van der Waals surface area contributed by atoms with Gasteiger partial charge in [0.25, 0.3) is 0 Å². The van der Waals surface area contributed by atoms with E-state index in [0.29, 0.717) is 5.92 Å². The summed E-state index contributed by atoms with van der Waals surface area (Å²) in [5, 5.41) is 3.65. The standard InChI is InChI=1S/C17H26FNS/c1-2-20-11-3-4-15(13-19-17-9-10-17)12-14-5-7-16(18)8-6-14/h5-8,15,17,19H,2-4,9-13H2,1H3. The Kier molecular flexibility index (Phi) is 6.88. The molecule has 0 amide bonds. The minimum absolute atomic E-state index is 0.138. The van der Waals surface area contributed by atoms with E-state index in [1.54, 1.807) is 12.1 Å². The average Bonchev–Trinajstić information content (AvgIpc) is 3.27. The maximum atomic E-state index is 13.0. The maximum absolute atomic E-state index is 13.0. The molecule has 0 radical (unpaired) electrons. The Morgan fingerprint density at radius 1 is 1.30 bits per heavy atom. The molecule has 1 saturated carbocycles. The predicted molar refractivity (Wildman–Crippen MR) is 86.9 cm³/mol. The van der Waals surface area contributed by atoms with Crippen LogP contribution in [-0.4, -0.2) is 24.1 Å². The van der Waals surface area contributed by atoms with Gasteiger partial charge in [-0.1, -0.05) is 19.1 Å². The topological polar surface area (TPSA) is 12.0 Å². The van der Waals surface area contributed by atoms with Crippen LogP contribution >= 0.6 is 11.8 Å². The molecular formula is C17H26FNS. The fourth-order valence-corrected chi connectivity index (χ4v) is 3.13. The highest BCUT2D eigenvalue weighted by Crippen LogP contribution is 2.21. The fraction of sp³-hybridized carbons (Fsp3) is 0.647. The molecule has 1 atom stereocenters. The first kappa shape index (κ1) is 15.8. The van der Waals surface area contributed by atoms with E-state index < -0.39 is 0 Å². The summed E-state index contributed by atoms with van der Waals surface area (Å²) in [7, 11) is 0. The molecule has 3 heteroatoms. The lowest BCUT2D eigenvalue weighted by atomic mass is 9.95. The van der Waals surface area contributed by atoms with Crippen molar-refractivity contribution in [2.75, 3.05) is 18.1 Å². The van der Waals surface area contributed by atoms with Gasteiger partial charge in [0.2, 0.25) is 0 Å². The van der Waals surface area contributed by atoms with Gasteiger partial charge in [-0.15, -0.1) is 0 Å². The summed E-state index contributed by atoms with van der Waals surface area (Å²) in [6.07, 6.45) is 6.31. The molecule has 1 aromatic rings. The summed E-state index contributed by atoms with van der Waals surface area (Å²) < 4.78 is 13.0. The Morgan fingerprint density at radius 2 is 2.05 bits per heavy atom. The van der Waals surface area contributed by atoms with E-state index in [2.05, 4.69) is 12.2 Å². The molecule has 1 nitrogen and oxygen atoms in total. The molecule has 20 heavy (non-hydrogen) atoms. The fourth-order valence-electron chi connectivity index (χ4n) is 2.47. The number of nitrogens with one attached hydrogen (secondary N) is 1. The maximum Gasteiger partial charge on any atom is 0.123 e. The first-order valence-corrected chi connectivity index (χ1v) is 8.99. The summed E-state index contributed by atoms with van der Waals surface area (Å²) in [6, 6.07) is 7.79. The van der Waals surface area contributed by atoms with Gasteiger partial charge in [0.05, 0.1) is 0 Å². The van der Waals surface area contributed by atoms with Crippen molar-refractivity contribution < 1.29 is 4.39 Å². The van der Waals surface area contributed by atoms with Gasteiger partial charge in [0.1, 0.15) is 5.82 Å². The van der Waals surface area contributed by atoms with Gasteiger partial charge in [0, 0.05) is 6.04 Å². The Balaban J connectivity index is 1.78. The zero-order valence-corrected chi connectivity index (χ0v) is 13.2. The third-order valence-corrected chi connectivity index (χ3v) is 4.80. The van der Waals surface area contributed by atoms with E-state index in [1.807, 2.05) is 23.9 Å². The molecule has 2 rings (SSSR count). The Bertz CT molecular complexity index is 375. The van der Waals surface area contributed by atoms with Crippen molar-refractivity contribution in [2.45, 2.75) is 45.1 Å². The molecule has 1 aliphatic rings. The summed E-state index contributed by atoms with van der Waals surface area (Å²) >= 11 is 2.03. The van der Waals surface area contributed by atoms with Crippen LogP contribution in [0.3, 0.4) is 0 Å². The number of thioether (sulfide) groups is 1. The van der Waals surface area contributed by atoms with Gasteiger partial charge in [-0.25, -0.2) is 4.39 Å². The van der Waals surface area contributed by atoms with Gasteiger partial charge >= 0.3 is 0 Å². The summed E-state index contributed by atoms with van der Waals surface area (Å²) in [6.45, 7) is 3.33. The number of hydrogen-bond donors (Lipinski definition) is 1. The lowest BCUT2D eigenvalue weighted by molar-refractivity contribution is 0.438. The Morgan fingerprint density at radius 3 is 2.70 bits per heavy atom. The lowest BCUT2D eigenvalue weighted by Gasteiger charge is -2.18. The molecular weight excluding hydrogens is 269 g/mol. The molecule has 1 unspecified atom stereocenters. The van der Waals surface area contributed by atoms with Crippen molar-refractivity contribution in [3.05, 3.63) is 35.6 Å². The highest BCUT2D eigenvalue weighted by Gasteiger charge is 2.21. The molecule has 0 heterocycles. The van der Waals surface area contributed by atoms with Gasteiger partial charge in [0.15, 0.2) is 0 Å². The zero-order chi connectivity index (χ0) is 14.2. The van der Waals surface area contributed by atoms with Crippen LogP contribution in [0, 0.1) is 11.7 Å². The average molecular weight is 295 g/mol. The molecule has 0 saturated heterocycles. The van der Waals surface area contributed by atoms with Gasteiger partial charge in [-0.05, 0) is 73.8 Å². The summed E-state index contributed by atoms with van der Waals surface area (Å²) in [4.78, 5) is 0. The van der Waals surface area contributed by atoms with E-state index in [-0.39, 0.29) is 5.82 Å². The van der Waals surface area contributed by atoms with Crippen molar-refractivity contribution in [3.8, 4) is 0 Å². The van der Waals surface area contributed by atoms with E-state index in [9.17, 15) is 4.39 Å². The van der Waals surface area contributed by atoms with Crippen LogP contribution in [0.5, 0.6) is 0 Å². The van der Waals surface area contributed by atoms with E-state index in [4.69, 9.17) is 0 Å². The summed E-state index contributed by atoms with van der Waals surface area (Å²) in [5.74, 6) is 3.02. The number of rotatable bonds is 10. The van der Waals surface area contributed by atoms with Gasteiger partial charge in [-0.3, -0.25) is 0 Å². The van der Waals surface area contributed by atoms with Crippen LogP contribution in [-0.2, 0) is 6.42 Å². The van der Waals surface area contributed by atoms with Crippen molar-refractivity contribution >= 4 is 11.8 Å². The number of halogens is 1. The number of benzene rings is 1. The third kappa shape index (κ3) is 6.27. The number of hydrogen-bond acceptors (Lipinski definition) is 2. The highest BCUT2D eigenvalue weighted by atomic mass is 32.2. The van der Waals surface area contributed by atoms with Crippen LogP contribution in [0.1, 0.15) is 38.2 Å². The molecule has 1 N–H and O–H groups in total. The monoisotopic (exact) mass is 295 g/mol. The van der Waals surface area contributed by atoms with Crippen molar-refractivity contribution in [1.82, 2.24) is 5.32 Å². The van der Waals surface area contributed by atoms with Crippen LogP contribution in [0.2, 0.25) is 0 Å². The van der Waals surface area contributed by atoms with E-state index >= 15 is 0 Å². The lowest BCUT2D eigenvalue weighted by Crippen LogP contribution is -2.26. The van der Waals surface area contributed by atoms with Crippen molar-refractivity contribution in [1.29, 1.82) is 0 Å². The van der Waals surface area contributed by atoms with E-state index in [0.717, 1.165) is 19.0 Å². The van der Waals surface area contributed by atoms with Gasteiger partial charge in [-0.2, -0.15) is 11.8 Å². The zero-order valence-electron chi connectivity index (χ0n) is 12.4. The van der Waals surface area contributed by atoms with E-state index in [1.165, 1.54) is 42.8 Å².